The highest BCUT2D eigenvalue weighted by Gasteiger charge is 2.28. The fraction of sp³-hybridized carbons (Fsp3) is 0.609. The lowest BCUT2D eigenvalue weighted by Crippen LogP contribution is -2.53. The minimum Gasteiger partial charge on any atom is -0.339 e. The Morgan fingerprint density at radius 2 is 1.84 bits per heavy atom. The lowest BCUT2D eigenvalue weighted by atomic mass is 10.0. The zero-order chi connectivity index (χ0) is 22.7. The Kier molecular flexibility index (Phi) is 6.93. The van der Waals surface area contributed by atoms with E-state index in [-0.39, 0.29) is 23.5 Å². The Labute approximate surface area is 188 Å². The van der Waals surface area contributed by atoms with Gasteiger partial charge < -0.3 is 20.0 Å². The Morgan fingerprint density at radius 1 is 1.06 bits per heavy atom. The van der Waals surface area contributed by atoms with Crippen LogP contribution in [-0.2, 0) is 9.59 Å². The van der Waals surface area contributed by atoms with Gasteiger partial charge in [-0.25, -0.2) is 9.18 Å². The van der Waals surface area contributed by atoms with Gasteiger partial charge in [0.25, 0.3) is 0 Å². The van der Waals surface area contributed by atoms with E-state index in [4.69, 9.17) is 0 Å². The normalized spacial score (nSPS) is 22.4. The van der Waals surface area contributed by atoms with Crippen molar-refractivity contribution in [2.75, 3.05) is 56.0 Å². The maximum atomic E-state index is 14.2. The van der Waals surface area contributed by atoms with Crippen molar-refractivity contribution in [2.24, 2.45) is 0 Å². The van der Waals surface area contributed by atoms with Gasteiger partial charge in [0, 0.05) is 57.4 Å². The van der Waals surface area contributed by atoms with Crippen molar-refractivity contribution in [1.82, 2.24) is 14.7 Å². The highest BCUT2D eigenvalue weighted by molar-refractivity contribution is 5.97. The third-order valence-electron chi connectivity index (χ3n) is 6.70. The Balaban J connectivity index is 1.28. The first-order chi connectivity index (χ1) is 15.4. The molecule has 4 rings (SSSR count). The van der Waals surface area contributed by atoms with Crippen molar-refractivity contribution < 1.29 is 18.8 Å². The number of benzene rings is 1. The molecule has 4 amide bonds. The fourth-order valence-corrected chi connectivity index (χ4v) is 4.76. The van der Waals surface area contributed by atoms with Crippen molar-refractivity contribution in [2.45, 2.75) is 45.1 Å². The molecule has 0 saturated carbocycles. The third-order valence-corrected chi connectivity index (χ3v) is 6.70. The first-order valence-electron chi connectivity index (χ1n) is 11.6. The monoisotopic (exact) mass is 445 g/mol. The van der Waals surface area contributed by atoms with Crippen LogP contribution in [-0.4, -0.2) is 84.4 Å². The molecule has 8 nitrogen and oxygen atoms in total. The van der Waals surface area contributed by atoms with E-state index in [9.17, 15) is 18.8 Å². The summed E-state index contributed by atoms with van der Waals surface area (Å²) in [4.78, 5) is 44.6. The van der Waals surface area contributed by atoms with Crippen LogP contribution in [0.5, 0.6) is 0 Å². The maximum absolute atomic E-state index is 14.2. The molecule has 174 valence electrons. The molecule has 0 radical (unpaired) electrons. The molecular formula is C23H32FN5O3. The summed E-state index contributed by atoms with van der Waals surface area (Å²) in [5.41, 5.74) is 0.670. The number of amides is 4. The molecular weight excluding hydrogens is 413 g/mol. The molecule has 0 spiro atoms. The molecule has 0 aromatic heterocycles. The van der Waals surface area contributed by atoms with Crippen LogP contribution in [0.3, 0.4) is 0 Å². The minimum absolute atomic E-state index is 0.100. The lowest BCUT2D eigenvalue weighted by molar-refractivity contribution is -0.136. The van der Waals surface area contributed by atoms with E-state index in [0.29, 0.717) is 63.8 Å². The summed E-state index contributed by atoms with van der Waals surface area (Å²) in [6.07, 6.45) is 4.44. The summed E-state index contributed by atoms with van der Waals surface area (Å²) in [7, 11) is 0. The second-order valence-electron chi connectivity index (χ2n) is 8.94. The Bertz CT molecular complexity index is 871. The number of anilines is 2. The van der Waals surface area contributed by atoms with E-state index >= 15 is 0 Å². The van der Waals surface area contributed by atoms with Crippen molar-refractivity contribution in [3.63, 3.8) is 0 Å². The molecule has 32 heavy (non-hydrogen) atoms. The Morgan fingerprint density at radius 3 is 2.53 bits per heavy atom. The summed E-state index contributed by atoms with van der Waals surface area (Å²) in [6.45, 7) is 6.15. The fourth-order valence-electron chi connectivity index (χ4n) is 4.76. The van der Waals surface area contributed by atoms with E-state index in [1.54, 1.807) is 4.90 Å². The second kappa shape index (κ2) is 9.85. The van der Waals surface area contributed by atoms with Crippen LogP contribution in [0.2, 0.25) is 0 Å². The summed E-state index contributed by atoms with van der Waals surface area (Å²) >= 11 is 0. The molecule has 3 saturated heterocycles. The van der Waals surface area contributed by atoms with E-state index in [0.717, 1.165) is 19.4 Å². The smallest absolute Gasteiger partial charge is 0.321 e. The first-order valence-corrected chi connectivity index (χ1v) is 11.6. The number of hydrogen-bond donors (Lipinski definition) is 1. The van der Waals surface area contributed by atoms with Crippen molar-refractivity contribution in [3.05, 3.63) is 24.0 Å². The molecule has 3 aliphatic heterocycles. The standard InChI is InChI=1S/C23H32FN5O3/c1-17-5-2-3-9-28(17)22(31)16-26-11-13-27(14-12-26)23(32)25-18-7-8-19(24)20(15-18)29-10-4-6-21(29)30/h7-8,15,17H,2-6,9-14,16H2,1H3,(H,25,32)/t17-/m0/s1. The molecule has 3 aliphatic rings. The quantitative estimate of drug-likeness (QED) is 0.773. The Hall–Kier alpha value is -2.68. The van der Waals surface area contributed by atoms with Crippen LogP contribution in [0.4, 0.5) is 20.6 Å². The number of hydrogen-bond acceptors (Lipinski definition) is 4. The number of rotatable bonds is 4. The van der Waals surface area contributed by atoms with E-state index in [1.165, 1.54) is 29.5 Å². The number of nitrogens with one attached hydrogen (secondary N) is 1. The van der Waals surface area contributed by atoms with Crippen LogP contribution in [0.25, 0.3) is 0 Å². The van der Waals surface area contributed by atoms with E-state index in [1.807, 2.05) is 4.90 Å². The number of piperazine rings is 1. The highest BCUT2D eigenvalue weighted by atomic mass is 19.1. The predicted octanol–water partition coefficient (Wildman–Crippen LogP) is 2.50. The average molecular weight is 446 g/mol. The average Bonchev–Trinajstić information content (AvgIpc) is 3.21. The van der Waals surface area contributed by atoms with Crippen molar-refractivity contribution in [1.29, 1.82) is 0 Å². The number of carbonyl (C=O) groups excluding carboxylic acids is 3. The lowest BCUT2D eigenvalue weighted by Gasteiger charge is -2.38. The van der Waals surface area contributed by atoms with Gasteiger partial charge in [0.1, 0.15) is 5.82 Å². The molecule has 0 bridgehead atoms. The molecule has 0 aliphatic carbocycles. The largest absolute Gasteiger partial charge is 0.339 e. The van der Waals surface area contributed by atoms with Crippen LogP contribution in [0.1, 0.15) is 39.0 Å². The maximum Gasteiger partial charge on any atom is 0.321 e. The van der Waals surface area contributed by atoms with Crippen LogP contribution in [0, 0.1) is 5.82 Å². The van der Waals surface area contributed by atoms with Gasteiger partial charge in [0.05, 0.1) is 12.2 Å². The molecule has 1 aromatic carbocycles. The zero-order valence-corrected chi connectivity index (χ0v) is 18.7. The predicted molar refractivity (Wildman–Crippen MR) is 120 cm³/mol. The molecule has 9 heteroatoms. The molecule has 0 unspecified atom stereocenters. The van der Waals surface area contributed by atoms with E-state index < -0.39 is 5.82 Å². The third kappa shape index (κ3) is 5.03. The first kappa shape index (κ1) is 22.5. The molecule has 3 heterocycles. The summed E-state index contributed by atoms with van der Waals surface area (Å²) in [5, 5.41) is 2.82. The number of likely N-dealkylation sites (tertiary alicyclic amines) is 1. The van der Waals surface area contributed by atoms with Gasteiger partial charge in [0.2, 0.25) is 11.8 Å². The number of urea groups is 1. The van der Waals surface area contributed by atoms with Crippen molar-refractivity contribution >= 4 is 29.2 Å². The molecule has 1 atom stereocenters. The number of piperidine rings is 1. The van der Waals surface area contributed by atoms with Gasteiger partial charge in [-0.2, -0.15) is 0 Å². The molecule has 1 aromatic rings. The zero-order valence-electron chi connectivity index (χ0n) is 18.7. The van der Waals surface area contributed by atoms with Gasteiger partial charge >= 0.3 is 6.03 Å². The topological polar surface area (TPSA) is 76.2 Å². The van der Waals surface area contributed by atoms with Gasteiger partial charge in [-0.15, -0.1) is 0 Å². The van der Waals surface area contributed by atoms with Crippen molar-refractivity contribution in [3.8, 4) is 0 Å². The molecule has 1 N–H and O–H groups in total. The van der Waals surface area contributed by atoms with Gasteiger partial charge in [0.15, 0.2) is 0 Å². The van der Waals surface area contributed by atoms with E-state index in [2.05, 4.69) is 17.1 Å². The summed E-state index contributed by atoms with van der Waals surface area (Å²) in [5.74, 6) is -0.401. The summed E-state index contributed by atoms with van der Waals surface area (Å²) < 4.78 is 14.2. The van der Waals surface area contributed by atoms with Crippen LogP contribution < -0.4 is 10.2 Å². The van der Waals surface area contributed by atoms with Crippen LogP contribution in [0.15, 0.2) is 18.2 Å². The van der Waals surface area contributed by atoms with Gasteiger partial charge in [-0.3, -0.25) is 14.5 Å². The van der Waals surface area contributed by atoms with Gasteiger partial charge in [-0.1, -0.05) is 0 Å². The second-order valence-corrected chi connectivity index (χ2v) is 8.94. The number of halogens is 1. The number of carbonyl (C=O) groups is 3. The minimum atomic E-state index is -0.473. The van der Waals surface area contributed by atoms with Gasteiger partial charge in [-0.05, 0) is 50.8 Å². The SMILES string of the molecule is C[C@H]1CCCCN1C(=O)CN1CCN(C(=O)Nc2ccc(F)c(N3CCCC3=O)c2)CC1. The summed E-state index contributed by atoms with van der Waals surface area (Å²) in [6, 6.07) is 4.35. The highest BCUT2D eigenvalue weighted by Crippen LogP contribution is 2.27. The number of nitrogens with zero attached hydrogens (tertiary/aromatic N) is 4. The molecule has 3 fully saturated rings. The van der Waals surface area contributed by atoms with Crippen LogP contribution >= 0.6 is 0 Å².